The molecular formula is C13H20N2S. The van der Waals surface area contributed by atoms with Gasteiger partial charge < -0.3 is 11.1 Å². The summed E-state index contributed by atoms with van der Waals surface area (Å²) in [5, 5.41) is 3.55. The smallest absolute Gasteiger partial charge is 0.0412 e. The molecule has 1 aliphatic carbocycles. The second-order valence-electron chi connectivity index (χ2n) is 4.43. The number of thioether (sulfide) groups is 1. The van der Waals surface area contributed by atoms with Crippen molar-refractivity contribution in [3.8, 4) is 0 Å². The Labute approximate surface area is 102 Å². The molecule has 0 bridgehead atoms. The minimum absolute atomic E-state index is 0.314. The molecule has 1 aromatic carbocycles. The first kappa shape index (κ1) is 11.8. The van der Waals surface area contributed by atoms with E-state index in [2.05, 4.69) is 35.8 Å². The molecule has 3 N–H and O–H groups in total. The van der Waals surface area contributed by atoms with Gasteiger partial charge in [-0.2, -0.15) is 0 Å². The van der Waals surface area contributed by atoms with Crippen LogP contribution in [0.25, 0.3) is 0 Å². The summed E-state index contributed by atoms with van der Waals surface area (Å²) < 4.78 is 0. The van der Waals surface area contributed by atoms with E-state index in [1.165, 1.54) is 29.8 Å². The highest BCUT2D eigenvalue weighted by Crippen LogP contribution is 2.22. The number of nitrogens with one attached hydrogen (secondary N) is 1. The summed E-state index contributed by atoms with van der Waals surface area (Å²) >= 11 is 1.77. The lowest BCUT2D eigenvalue weighted by molar-refractivity contribution is 0.404. The molecule has 2 unspecified atom stereocenters. The van der Waals surface area contributed by atoms with Crippen LogP contribution in [0.1, 0.15) is 25.7 Å². The molecule has 1 aromatic rings. The van der Waals surface area contributed by atoms with Crippen molar-refractivity contribution in [3.05, 3.63) is 24.3 Å². The van der Waals surface area contributed by atoms with Crippen molar-refractivity contribution in [1.82, 2.24) is 0 Å². The third-order valence-corrected chi connectivity index (χ3v) is 4.01. The monoisotopic (exact) mass is 236 g/mol. The maximum atomic E-state index is 6.12. The normalized spacial score (nSPS) is 25.4. The molecule has 3 heteroatoms. The average molecular weight is 236 g/mol. The highest BCUT2D eigenvalue weighted by molar-refractivity contribution is 7.98. The van der Waals surface area contributed by atoms with Crippen molar-refractivity contribution in [2.75, 3.05) is 11.6 Å². The van der Waals surface area contributed by atoms with Crippen LogP contribution in [0, 0.1) is 0 Å². The molecule has 0 amide bonds. The van der Waals surface area contributed by atoms with Crippen LogP contribution < -0.4 is 11.1 Å². The molecule has 0 spiro atoms. The fourth-order valence-electron chi connectivity index (χ4n) is 2.24. The zero-order chi connectivity index (χ0) is 11.4. The maximum Gasteiger partial charge on any atom is 0.0412 e. The lowest BCUT2D eigenvalue weighted by Crippen LogP contribution is -2.42. The minimum atomic E-state index is 0.314. The average Bonchev–Trinajstić information content (AvgIpc) is 2.33. The Kier molecular flexibility index (Phi) is 4.13. The van der Waals surface area contributed by atoms with E-state index in [0.29, 0.717) is 12.1 Å². The molecule has 1 fully saturated rings. The van der Waals surface area contributed by atoms with Crippen LogP contribution in [-0.4, -0.2) is 18.3 Å². The summed E-state index contributed by atoms with van der Waals surface area (Å²) in [6, 6.07) is 9.37. The number of hydrogen-bond donors (Lipinski definition) is 2. The van der Waals surface area contributed by atoms with Gasteiger partial charge in [-0.1, -0.05) is 12.8 Å². The van der Waals surface area contributed by atoms with Crippen LogP contribution in [0.15, 0.2) is 29.2 Å². The number of anilines is 1. The van der Waals surface area contributed by atoms with Crippen LogP contribution in [-0.2, 0) is 0 Å². The van der Waals surface area contributed by atoms with Crippen molar-refractivity contribution in [2.45, 2.75) is 42.7 Å². The van der Waals surface area contributed by atoms with Crippen LogP contribution in [0.5, 0.6) is 0 Å². The molecule has 0 heterocycles. The zero-order valence-electron chi connectivity index (χ0n) is 9.78. The first-order chi connectivity index (χ1) is 7.79. The van der Waals surface area contributed by atoms with Crippen molar-refractivity contribution in [1.29, 1.82) is 0 Å². The quantitative estimate of drug-likeness (QED) is 0.792. The van der Waals surface area contributed by atoms with Gasteiger partial charge in [0.15, 0.2) is 0 Å². The van der Waals surface area contributed by atoms with Crippen LogP contribution >= 0.6 is 11.8 Å². The molecule has 16 heavy (non-hydrogen) atoms. The van der Waals surface area contributed by atoms with E-state index in [-0.39, 0.29) is 0 Å². The summed E-state index contributed by atoms with van der Waals surface area (Å²) in [4.78, 5) is 1.30. The van der Waals surface area contributed by atoms with E-state index in [1.807, 2.05) is 0 Å². The van der Waals surface area contributed by atoms with E-state index in [9.17, 15) is 0 Å². The molecule has 0 saturated heterocycles. The van der Waals surface area contributed by atoms with E-state index in [1.54, 1.807) is 11.8 Å². The van der Waals surface area contributed by atoms with Crippen LogP contribution in [0.2, 0.25) is 0 Å². The Balaban J connectivity index is 1.96. The van der Waals surface area contributed by atoms with E-state index in [0.717, 1.165) is 6.42 Å². The van der Waals surface area contributed by atoms with Crippen LogP contribution in [0.3, 0.4) is 0 Å². The van der Waals surface area contributed by atoms with Gasteiger partial charge in [-0.25, -0.2) is 0 Å². The Morgan fingerprint density at radius 3 is 2.50 bits per heavy atom. The zero-order valence-corrected chi connectivity index (χ0v) is 10.6. The molecule has 0 radical (unpaired) electrons. The molecule has 2 nitrogen and oxygen atoms in total. The fourth-order valence-corrected chi connectivity index (χ4v) is 2.65. The van der Waals surface area contributed by atoms with Gasteiger partial charge in [-0.15, -0.1) is 11.8 Å². The summed E-state index contributed by atoms with van der Waals surface area (Å²) in [6.45, 7) is 0. The molecule has 1 saturated carbocycles. The largest absolute Gasteiger partial charge is 0.381 e. The highest BCUT2D eigenvalue weighted by atomic mass is 32.2. The molecular weight excluding hydrogens is 216 g/mol. The first-order valence-corrected chi connectivity index (χ1v) is 7.18. The fraction of sp³-hybridized carbons (Fsp3) is 0.538. The molecule has 2 atom stereocenters. The minimum Gasteiger partial charge on any atom is -0.381 e. The van der Waals surface area contributed by atoms with Crippen LogP contribution in [0.4, 0.5) is 5.69 Å². The molecule has 0 aromatic heterocycles. The Hall–Kier alpha value is -0.670. The Morgan fingerprint density at radius 2 is 1.88 bits per heavy atom. The van der Waals surface area contributed by atoms with E-state index < -0.39 is 0 Å². The lowest BCUT2D eigenvalue weighted by Gasteiger charge is -2.30. The van der Waals surface area contributed by atoms with Crippen molar-refractivity contribution in [2.24, 2.45) is 5.73 Å². The topological polar surface area (TPSA) is 38.0 Å². The molecule has 1 aliphatic rings. The number of rotatable bonds is 3. The van der Waals surface area contributed by atoms with Crippen molar-refractivity contribution < 1.29 is 0 Å². The van der Waals surface area contributed by atoms with Crippen molar-refractivity contribution in [3.63, 3.8) is 0 Å². The van der Waals surface area contributed by atoms with E-state index >= 15 is 0 Å². The second kappa shape index (κ2) is 5.60. The van der Waals surface area contributed by atoms with Gasteiger partial charge in [-0.05, 0) is 43.4 Å². The predicted molar refractivity (Wildman–Crippen MR) is 72.1 cm³/mol. The number of hydrogen-bond acceptors (Lipinski definition) is 3. The van der Waals surface area contributed by atoms with Gasteiger partial charge in [0.05, 0.1) is 0 Å². The van der Waals surface area contributed by atoms with Gasteiger partial charge >= 0.3 is 0 Å². The summed E-state index contributed by atoms with van der Waals surface area (Å²) in [5.41, 5.74) is 7.31. The van der Waals surface area contributed by atoms with Gasteiger partial charge in [0.1, 0.15) is 0 Å². The molecule has 88 valence electrons. The molecule has 0 aliphatic heterocycles. The third-order valence-electron chi connectivity index (χ3n) is 3.26. The van der Waals surface area contributed by atoms with Gasteiger partial charge in [0.25, 0.3) is 0 Å². The van der Waals surface area contributed by atoms with Crippen molar-refractivity contribution >= 4 is 17.4 Å². The second-order valence-corrected chi connectivity index (χ2v) is 5.31. The third kappa shape index (κ3) is 2.92. The van der Waals surface area contributed by atoms with Gasteiger partial charge in [0, 0.05) is 22.7 Å². The van der Waals surface area contributed by atoms with Gasteiger partial charge in [0.2, 0.25) is 0 Å². The lowest BCUT2D eigenvalue weighted by atomic mass is 9.91. The summed E-state index contributed by atoms with van der Waals surface area (Å²) in [6.07, 6.45) is 7.03. The number of benzene rings is 1. The standard InChI is InChI=1S/C13H20N2S/c1-16-11-8-6-10(7-9-11)15-13-5-3-2-4-12(13)14/h6-9,12-13,15H,2-5,14H2,1H3. The summed E-state index contributed by atoms with van der Waals surface area (Å²) in [5.74, 6) is 0. The highest BCUT2D eigenvalue weighted by Gasteiger charge is 2.21. The van der Waals surface area contributed by atoms with Gasteiger partial charge in [-0.3, -0.25) is 0 Å². The molecule has 2 rings (SSSR count). The summed E-state index contributed by atoms with van der Waals surface area (Å²) in [7, 11) is 0. The SMILES string of the molecule is CSc1ccc(NC2CCCCC2N)cc1. The maximum absolute atomic E-state index is 6.12. The Bertz CT molecular complexity index is 323. The number of nitrogens with two attached hydrogens (primary N) is 1. The Morgan fingerprint density at radius 1 is 1.19 bits per heavy atom. The van der Waals surface area contributed by atoms with E-state index in [4.69, 9.17) is 5.73 Å². The first-order valence-electron chi connectivity index (χ1n) is 5.96. The predicted octanol–water partition coefficient (Wildman–Crippen LogP) is 3.09.